The number of thiazole rings is 1. The smallest absolute Gasteiger partial charge is 0.270 e. The van der Waals surface area contributed by atoms with E-state index in [2.05, 4.69) is 15.3 Å². The molecular formula is C23H22N4O3S. The van der Waals surface area contributed by atoms with Crippen molar-refractivity contribution in [1.29, 1.82) is 0 Å². The van der Waals surface area contributed by atoms with Crippen LogP contribution in [0.5, 0.6) is 5.75 Å². The molecule has 158 valence electrons. The molecule has 4 aromatic rings. The Hall–Kier alpha value is -3.39. The van der Waals surface area contributed by atoms with E-state index in [0.29, 0.717) is 30.4 Å². The van der Waals surface area contributed by atoms with Gasteiger partial charge in [-0.05, 0) is 50.1 Å². The number of H-pyrrole nitrogens is 1. The number of hydrogen-bond donors (Lipinski definition) is 2. The maximum absolute atomic E-state index is 13.2. The summed E-state index contributed by atoms with van der Waals surface area (Å²) in [5.74, 6) is 0.390. The summed E-state index contributed by atoms with van der Waals surface area (Å²) in [6, 6.07) is 14.8. The number of aromatic amines is 1. The third-order valence-electron chi connectivity index (χ3n) is 5.48. The molecule has 31 heavy (non-hydrogen) atoms. The Labute approximate surface area is 183 Å². The number of para-hydroxylation sites is 1. The average molecular weight is 435 g/mol. The van der Waals surface area contributed by atoms with Crippen LogP contribution < -0.4 is 10.1 Å². The van der Waals surface area contributed by atoms with Crippen molar-refractivity contribution in [2.24, 2.45) is 0 Å². The molecule has 2 amide bonds. The largest absolute Gasteiger partial charge is 0.494 e. The van der Waals surface area contributed by atoms with Gasteiger partial charge in [-0.15, -0.1) is 0 Å². The maximum atomic E-state index is 13.2. The number of hydrogen-bond acceptors (Lipinski definition) is 5. The van der Waals surface area contributed by atoms with Crippen LogP contribution in [0.15, 0.2) is 48.5 Å². The molecule has 0 aliphatic carbocycles. The van der Waals surface area contributed by atoms with Crippen molar-refractivity contribution in [3.63, 3.8) is 0 Å². The summed E-state index contributed by atoms with van der Waals surface area (Å²) in [4.78, 5) is 35.5. The van der Waals surface area contributed by atoms with Crippen LogP contribution in [-0.2, 0) is 4.79 Å². The van der Waals surface area contributed by atoms with E-state index in [0.717, 1.165) is 33.3 Å². The summed E-state index contributed by atoms with van der Waals surface area (Å²) < 4.78 is 6.55. The van der Waals surface area contributed by atoms with E-state index in [-0.39, 0.29) is 11.8 Å². The van der Waals surface area contributed by atoms with Gasteiger partial charge in [0, 0.05) is 23.5 Å². The van der Waals surface area contributed by atoms with Crippen molar-refractivity contribution in [3.05, 3.63) is 54.2 Å². The predicted octanol–water partition coefficient (Wildman–Crippen LogP) is 4.42. The van der Waals surface area contributed by atoms with Crippen LogP contribution >= 0.6 is 11.3 Å². The fourth-order valence-corrected chi connectivity index (χ4v) is 4.90. The van der Waals surface area contributed by atoms with Crippen LogP contribution in [0.25, 0.3) is 21.1 Å². The zero-order chi connectivity index (χ0) is 21.4. The first kappa shape index (κ1) is 19.6. The van der Waals surface area contributed by atoms with E-state index in [1.54, 1.807) is 4.90 Å². The number of carbonyl (C=O) groups is 2. The van der Waals surface area contributed by atoms with Gasteiger partial charge in [0.05, 0.1) is 16.8 Å². The van der Waals surface area contributed by atoms with E-state index in [4.69, 9.17) is 4.74 Å². The summed E-state index contributed by atoms with van der Waals surface area (Å²) >= 11 is 1.43. The van der Waals surface area contributed by atoms with Gasteiger partial charge in [-0.25, -0.2) is 4.98 Å². The number of anilines is 1. The second-order valence-corrected chi connectivity index (χ2v) is 8.53. The van der Waals surface area contributed by atoms with Crippen LogP contribution in [0.2, 0.25) is 0 Å². The summed E-state index contributed by atoms with van der Waals surface area (Å²) in [6.45, 7) is 3.06. The number of nitrogens with one attached hydrogen (secondary N) is 2. The summed E-state index contributed by atoms with van der Waals surface area (Å²) in [6.07, 6.45) is 1.43. The standard InChI is InChI=1S/C23H22N4O3S/c1-2-30-15-10-9-14-12-18(24-17(14)13-15)22(29)27-11-5-7-19(27)21(28)26-23-25-16-6-3-4-8-20(16)31-23/h3-4,6,8-10,12-13,19,24H,2,5,7,11H2,1H3,(H,25,26,28). The van der Waals surface area contributed by atoms with Crippen molar-refractivity contribution in [2.75, 3.05) is 18.5 Å². The van der Waals surface area contributed by atoms with Crippen molar-refractivity contribution >= 4 is 49.4 Å². The number of fused-ring (bicyclic) bond motifs is 2. The van der Waals surface area contributed by atoms with Gasteiger partial charge in [-0.1, -0.05) is 23.5 Å². The molecule has 1 fully saturated rings. The molecule has 1 atom stereocenters. The van der Waals surface area contributed by atoms with E-state index in [1.165, 1.54) is 11.3 Å². The van der Waals surface area contributed by atoms with Gasteiger partial charge in [-0.2, -0.15) is 0 Å². The maximum Gasteiger partial charge on any atom is 0.270 e. The molecule has 5 rings (SSSR count). The molecule has 8 heteroatoms. The molecule has 1 aliphatic rings. The molecule has 2 N–H and O–H groups in total. The third-order valence-corrected chi connectivity index (χ3v) is 6.43. The van der Waals surface area contributed by atoms with Crippen LogP contribution in [0.4, 0.5) is 5.13 Å². The Morgan fingerprint density at radius 1 is 1.26 bits per heavy atom. The first-order valence-corrected chi connectivity index (χ1v) is 11.2. The normalized spacial score (nSPS) is 16.2. The Balaban J connectivity index is 1.34. The number of nitrogens with zero attached hydrogens (tertiary/aromatic N) is 2. The lowest BCUT2D eigenvalue weighted by atomic mass is 10.2. The van der Waals surface area contributed by atoms with Gasteiger partial charge in [0.15, 0.2) is 5.13 Å². The van der Waals surface area contributed by atoms with Gasteiger partial charge in [0.1, 0.15) is 17.5 Å². The van der Waals surface area contributed by atoms with Crippen molar-refractivity contribution in [2.45, 2.75) is 25.8 Å². The Morgan fingerprint density at radius 2 is 2.13 bits per heavy atom. The molecule has 0 spiro atoms. The quantitative estimate of drug-likeness (QED) is 0.487. The average Bonchev–Trinajstić information content (AvgIpc) is 3.50. The summed E-state index contributed by atoms with van der Waals surface area (Å²) in [7, 11) is 0. The van der Waals surface area contributed by atoms with E-state index >= 15 is 0 Å². The highest BCUT2D eigenvalue weighted by atomic mass is 32.1. The van der Waals surface area contributed by atoms with Gasteiger partial charge in [0.25, 0.3) is 5.91 Å². The van der Waals surface area contributed by atoms with Crippen molar-refractivity contribution in [3.8, 4) is 5.75 Å². The fourth-order valence-electron chi connectivity index (χ4n) is 4.03. The molecule has 7 nitrogen and oxygen atoms in total. The molecule has 1 saturated heterocycles. The van der Waals surface area contributed by atoms with E-state index in [1.807, 2.05) is 55.5 Å². The van der Waals surface area contributed by atoms with Crippen molar-refractivity contribution < 1.29 is 14.3 Å². The van der Waals surface area contributed by atoms with E-state index in [9.17, 15) is 9.59 Å². The Bertz CT molecular complexity index is 1250. The van der Waals surface area contributed by atoms with Gasteiger partial charge in [0.2, 0.25) is 5.91 Å². The second-order valence-electron chi connectivity index (χ2n) is 7.50. The lowest BCUT2D eigenvalue weighted by Gasteiger charge is -2.23. The molecule has 3 heterocycles. The lowest BCUT2D eigenvalue weighted by molar-refractivity contribution is -0.119. The molecule has 0 bridgehead atoms. The number of carbonyl (C=O) groups excluding carboxylic acids is 2. The fraction of sp³-hybridized carbons (Fsp3) is 0.261. The number of aromatic nitrogens is 2. The minimum atomic E-state index is -0.509. The number of benzene rings is 2. The lowest BCUT2D eigenvalue weighted by Crippen LogP contribution is -2.43. The zero-order valence-corrected chi connectivity index (χ0v) is 17.9. The van der Waals surface area contributed by atoms with Gasteiger partial charge >= 0.3 is 0 Å². The molecule has 2 aromatic heterocycles. The molecule has 0 saturated carbocycles. The minimum Gasteiger partial charge on any atom is -0.494 e. The molecule has 0 radical (unpaired) electrons. The number of rotatable bonds is 5. The highest BCUT2D eigenvalue weighted by molar-refractivity contribution is 7.22. The van der Waals surface area contributed by atoms with Crippen molar-refractivity contribution in [1.82, 2.24) is 14.9 Å². The highest BCUT2D eigenvalue weighted by Crippen LogP contribution is 2.28. The summed E-state index contributed by atoms with van der Waals surface area (Å²) in [5, 5.41) is 4.39. The van der Waals surface area contributed by atoms with Gasteiger partial charge in [-0.3, -0.25) is 9.59 Å². The van der Waals surface area contributed by atoms with Crippen LogP contribution in [0, 0.1) is 0 Å². The molecular weight excluding hydrogens is 412 g/mol. The Morgan fingerprint density at radius 3 is 2.97 bits per heavy atom. The molecule has 1 aliphatic heterocycles. The topological polar surface area (TPSA) is 87.3 Å². The highest BCUT2D eigenvalue weighted by Gasteiger charge is 2.35. The summed E-state index contributed by atoms with van der Waals surface area (Å²) in [5.41, 5.74) is 2.17. The number of amides is 2. The van der Waals surface area contributed by atoms with Crippen LogP contribution in [0.1, 0.15) is 30.3 Å². The third kappa shape index (κ3) is 3.74. The monoisotopic (exact) mass is 434 g/mol. The van der Waals surface area contributed by atoms with E-state index < -0.39 is 6.04 Å². The Kier molecular flexibility index (Phi) is 5.07. The first-order chi connectivity index (χ1) is 15.1. The minimum absolute atomic E-state index is 0.170. The zero-order valence-electron chi connectivity index (χ0n) is 17.1. The van der Waals surface area contributed by atoms with Gasteiger partial charge < -0.3 is 19.9 Å². The second kappa shape index (κ2) is 8.03. The van der Waals surface area contributed by atoms with Crippen LogP contribution in [0.3, 0.4) is 0 Å². The van der Waals surface area contributed by atoms with Crippen LogP contribution in [-0.4, -0.2) is 45.9 Å². The first-order valence-electron chi connectivity index (χ1n) is 10.4. The number of likely N-dealkylation sites (tertiary alicyclic amines) is 1. The molecule has 1 unspecified atom stereocenters. The predicted molar refractivity (Wildman–Crippen MR) is 122 cm³/mol. The number of ether oxygens (including phenoxy) is 1. The molecule has 2 aromatic carbocycles. The SMILES string of the molecule is CCOc1ccc2cc(C(=O)N3CCCC3C(=O)Nc3nc4ccccc4s3)[nH]c2c1.